The fourth-order valence-electron chi connectivity index (χ4n) is 2.56. The summed E-state index contributed by atoms with van der Waals surface area (Å²) in [7, 11) is 3.51. The van der Waals surface area contributed by atoms with Gasteiger partial charge in [-0.2, -0.15) is 0 Å². The average Bonchev–Trinajstić information content (AvgIpc) is 2.47. The molecule has 1 amide bonds. The van der Waals surface area contributed by atoms with E-state index in [4.69, 9.17) is 0 Å². The minimum absolute atomic E-state index is 0.452. The topological polar surface area (TPSA) is 41.6 Å². The molecule has 1 heterocycles. The molecule has 1 aromatic rings. The molecule has 108 valence electrons. The zero-order chi connectivity index (χ0) is 14.5. The summed E-state index contributed by atoms with van der Waals surface area (Å²) in [6.07, 6.45) is 1.83. The summed E-state index contributed by atoms with van der Waals surface area (Å²) in [5.74, 6) is 0.527. The van der Waals surface area contributed by atoms with Gasteiger partial charge in [0.2, 0.25) is 0 Å². The van der Waals surface area contributed by atoms with Crippen molar-refractivity contribution >= 4 is 17.4 Å². The van der Waals surface area contributed by atoms with Gasteiger partial charge in [0.05, 0.1) is 7.11 Å². The number of ether oxygens (including phenoxy) is 1. The molecule has 1 aliphatic heterocycles. The van der Waals surface area contributed by atoms with Gasteiger partial charge in [-0.3, -0.25) is 5.32 Å². The molecule has 1 N–H and O–H groups in total. The van der Waals surface area contributed by atoms with Crippen molar-refractivity contribution in [1.29, 1.82) is 0 Å². The second-order valence-corrected chi connectivity index (χ2v) is 5.30. The summed E-state index contributed by atoms with van der Waals surface area (Å²) in [6.45, 7) is 6.48. The first-order valence-corrected chi connectivity index (χ1v) is 6.93. The minimum Gasteiger partial charge on any atom is -0.453 e. The fraction of sp³-hybridized carbons (Fsp3) is 0.438. The second kappa shape index (κ2) is 6.57. The number of amides is 1. The van der Waals surface area contributed by atoms with Crippen LogP contribution in [0.2, 0.25) is 0 Å². The first-order chi connectivity index (χ1) is 9.60. The molecule has 2 rings (SSSR count). The number of hydrogen-bond donors (Lipinski definition) is 1. The molecule has 0 atom stereocenters. The van der Waals surface area contributed by atoms with Gasteiger partial charge in [0, 0.05) is 5.69 Å². The number of hydrogen-bond acceptors (Lipinski definition) is 3. The number of anilines is 1. The van der Waals surface area contributed by atoms with Gasteiger partial charge in [-0.1, -0.05) is 18.7 Å². The maximum Gasteiger partial charge on any atom is 0.411 e. The lowest BCUT2D eigenvalue weighted by atomic mass is 9.86. The quantitative estimate of drug-likeness (QED) is 0.920. The molecule has 0 spiro atoms. The number of nitrogens with zero attached hydrogens (tertiary/aromatic N) is 1. The van der Waals surface area contributed by atoms with E-state index < -0.39 is 6.09 Å². The largest absolute Gasteiger partial charge is 0.453 e. The molecule has 0 saturated carbocycles. The number of benzene rings is 1. The highest BCUT2D eigenvalue weighted by molar-refractivity contribution is 5.85. The van der Waals surface area contributed by atoms with Crippen LogP contribution in [-0.4, -0.2) is 38.2 Å². The summed E-state index contributed by atoms with van der Waals surface area (Å²) in [5, 5.41) is 2.69. The Kier molecular flexibility index (Phi) is 4.79. The van der Waals surface area contributed by atoms with Crippen LogP contribution in [0.25, 0.3) is 5.57 Å². The number of carbonyl (C=O) groups is 1. The molecule has 4 nitrogen and oxygen atoms in total. The second-order valence-electron chi connectivity index (χ2n) is 5.30. The predicted molar refractivity (Wildman–Crippen MR) is 81.7 cm³/mol. The Morgan fingerprint density at radius 1 is 1.40 bits per heavy atom. The number of methoxy groups -OCH3 is 1. The summed E-state index contributed by atoms with van der Waals surface area (Å²) in [5.41, 5.74) is 2.99. The number of rotatable bonds is 3. The molecule has 1 aliphatic rings. The molecule has 1 fully saturated rings. The Bertz CT molecular complexity index is 491. The molecule has 20 heavy (non-hydrogen) atoms. The Labute approximate surface area is 120 Å². The average molecular weight is 274 g/mol. The Balaban J connectivity index is 2.06. The SMILES string of the molecule is C=C(c1cccc(NC(=O)OC)c1)C1CCN(C)CC1. The van der Waals surface area contributed by atoms with E-state index in [-0.39, 0.29) is 0 Å². The molecule has 1 aromatic carbocycles. The Morgan fingerprint density at radius 2 is 2.10 bits per heavy atom. The van der Waals surface area contributed by atoms with E-state index in [0.29, 0.717) is 5.92 Å². The van der Waals surface area contributed by atoms with Crippen LogP contribution in [0.1, 0.15) is 18.4 Å². The summed E-state index contributed by atoms with van der Waals surface area (Å²) >= 11 is 0. The Hall–Kier alpha value is -1.81. The van der Waals surface area contributed by atoms with Crippen molar-refractivity contribution in [2.75, 3.05) is 32.6 Å². The van der Waals surface area contributed by atoms with Gasteiger partial charge in [0.15, 0.2) is 0 Å². The smallest absolute Gasteiger partial charge is 0.411 e. The van der Waals surface area contributed by atoms with Crippen molar-refractivity contribution in [1.82, 2.24) is 4.90 Å². The molecule has 1 saturated heterocycles. The van der Waals surface area contributed by atoms with Gasteiger partial charge in [-0.25, -0.2) is 4.79 Å². The summed E-state index contributed by atoms with van der Waals surface area (Å²) < 4.78 is 4.60. The zero-order valence-corrected chi connectivity index (χ0v) is 12.2. The van der Waals surface area contributed by atoms with Gasteiger partial charge in [-0.15, -0.1) is 0 Å². The van der Waals surface area contributed by atoms with E-state index in [1.54, 1.807) is 0 Å². The molecule has 4 heteroatoms. The van der Waals surface area contributed by atoms with Crippen LogP contribution in [0, 0.1) is 5.92 Å². The number of carbonyl (C=O) groups excluding carboxylic acids is 1. The van der Waals surface area contributed by atoms with Gasteiger partial charge >= 0.3 is 6.09 Å². The number of likely N-dealkylation sites (tertiary alicyclic amines) is 1. The molecule has 0 bridgehead atoms. The molecule has 0 aromatic heterocycles. The fourth-order valence-corrected chi connectivity index (χ4v) is 2.56. The van der Waals surface area contributed by atoms with Crippen LogP contribution in [0.5, 0.6) is 0 Å². The predicted octanol–water partition coefficient (Wildman–Crippen LogP) is 3.22. The van der Waals surface area contributed by atoms with Crippen molar-refractivity contribution in [3.8, 4) is 0 Å². The lowest BCUT2D eigenvalue weighted by Crippen LogP contribution is -2.30. The Morgan fingerprint density at radius 3 is 2.75 bits per heavy atom. The number of nitrogens with one attached hydrogen (secondary N) is 1. The third-order valence-corrected chi connectivity index (χ3v) is 3.88. The molecule has 0 radical (unpaired) electrons. The minimum atomic E-state index is -0.452. The van der Waals surface area contributed by atoms with E-state index in [2.05, 4.69) is 28.6 Å². The third-order valence-electron chi connectivity index (χ3n) is 3.88. The van der Waals surface area contributed by atoms with E-state index >= 15 is 0 Å². The third kappa shape index (κ3) is 3.61. The highest BCUT2D eigenvalue weighted by atomic mass is 16.5. The summed E-state index contributed by atoms with van der Waals surface area (Å²) in [4.78, 5) is 13.6. The lowest BCUT2D eigenvalue weighted by Gasteiger charge is -2.30. The lowest BCUT2D eigenvalue weighted by molar-refractivity contribution is 0.187. The highest BCUT2D eigenvalue weighted by Crippen LogP contribution is 2.31. The van der Waals surface area contributed by atoms with E-state index in [9.17, 15) is 4.79 Å². The number of allylic oxidation sites excluding steroid dienone is 1. The van der Waals surface area contributed by atoms with E-state index in [0.717, 1.165) is 42.8 Å². The maximum absolute atomic E-state index is 11.2. The first-order valence-electron chi connectivity index (χ1n) is 6.93. The maximum atomic E-state index is 11.2. The molecule has 0 aliphatic carbocycles. The van der Waals surface area contributed by atoms with Crippen LogP contribution in [-0.2, 0) is 4.74 Å². The summed E-state index contributed by atoms with van der Waals surface area (Å²) in [6, 6.07) is 7.78. The normalized spacial score (nSPS) is 16.7. The zero-order valence-electron chi connectivity index (χ0n) is 12.2. The van der Waals surface area contributed by atoms with Crippen LogP contribution in [0.3, 0.4) is 0 Å². The molecular formula is C16H22N2O2. The van der Waals surface area contributed by atoms with Crippen LogP contribution in [0.15, 0.2) is 30.8 Å². The first kappa shape index (κ1) is 14.6. The molecule has 0 unspecified atom stereocenters. The van der Waals surface area contributed by atoms with Gasteiger partial charge in [-0.05, 0) is 62.2 Å². The standard InChI is InChI=1S/C16H22N2O2/c1-12(13-7-9-18(2)10-8-13)14-5-4-6-15(11-14)17-16(19)20-3/h4-6,11,13H,1,7-10H2,2-3H3,(H,17,19). The van der Waals surface area contributed by atoms with Crippen LogP contribution < -0.4 is 5.32 Å². The van der Waals surface area contributed by atoms with Crippen molar-refractivity contribution < 1.29 is 9.53 Å². The van der Waals surface area contributed by atoms with E-state index in [1.807, 2.05) is 24.3 Å². The van der Waals surface area contributed by atoms with Crippen molar-refractivity contribution in [2.24, 2.45) is 5.92 Å². The van der Waals surface area contributed by atoms with Gasteiger partial charge in [0.25, 0.3) is 0 Å². The van der Waals surface area contributed by atoms with Crippen molar-refractivity contribution in [3.05, 3.63) is 36.4 Å². The molecular weight excluding hydrogens is 252 g/mol. The van der Waals surface area contributed by atoms with E-state index in [1.165, 1.54) is 7.11 Å². The van der Waals surface area contributed by atoms with Crippen molar-refractivity contribution in [2.45, 2.75) is 12.8 Å². The van der Waals surface area contributed by atoms with Crippen LogP contribution >= 0.6 is 0 Å². The number of piperidine rings is 1. The van der Waals surface area contributed by atoms with Gasteiger partial charge in [0.1, 0.15) is 0 Å². The van der Waals surface area contributed by atoms with Gasteiger partial charge < -0.3 is 9.64 Å². The highest BCUT2D eigenvalue weighted by Gasteiger charge is 2.20. The monoisotopic (exact) mass is 274 g/mol. The van der Waals surface area contributed by atoms with Crippen LogP contribution in [0.4, 0.5) is 10.5 Å². The van der Waals surface area contributed by atoms with Crippen molar-refractivity contribution in [3.63, 3.8) is 0 Å².